The largest absolute Gasteiger partial charge is 0.756 e. The number of esters is 2. The van der Waals surface area contributed by atoms with Crippen molar-refractivity contribution < 1.29 is 42.1 Å². The van der Waals surface area contributed by atoms with Gasteiger partial charge in [-0.15, -0.1) is 0 Å². The van der Waals surface area contributed by atoms with Crippen LogP contribution in [0.2, 0.25) is 0 Å². The van der Waals surface area contributed by atoms with Crippen molar-refractivity contribution in [3.63, 3.8) is 0 Å². The molecule has 0 aliphatic heterocycles. The van der Waals surface area contributed by atoms with Gasteiger partial charge >= 0.3 is 11.9 Å². The topological polar surface area (TPSA) is 111 Å². The number of quaternary nitrogens is 1. The first kappa shape index (κ1) is 68.4. The van der Waals surface area contributed by atoms with Crippen LogP contribution in [-0.4, -0.2) is 70.0 Å². The molecular formula is C62H104NO8P. The van der Waals surface area contributed by atoms with E-state index < -0.39 is 32.5 Å². The van der Waals surface area contributed by atoms with Crippen molar-refractivity contribution >= 4 is 19.8 Å². The van der Waals surface area contributed by atoms with Gasteiger partial charge in [0.2, 0.25) is 0 Å². The molecule has 0 aliphatic carbocycles. The van der Waals surface area contributed by atoms with E-state index in [1.165, 1.54) is 51.4 Å². The molecule has 0 bridgehead atoms. The molecule has 0 fully saturated rings. The fourth-order valence-corrected chi connectivity index (χ4v) is 7.91. The third-order valence-corrected chi connectivity index (χ3v) is 12.4. The van der Waals surface area contributed by atoms with Crippen molar-refractivity contribution in [3.05, 3.63) is 122 Å². The molecule has 0 amide bonds. The van der Waals surface area contributed by atoms with Crippen LogP contribution in [0.5, 0.6) is 0 Å². The lowest BCUT2D eigenvalue weighted by Gasteiger charge is -2.28. The Kier molecular flexibility index (Phi) is 49.7. The molecule has 2 atom stereocenters. The highest BCUT2D eigenvalue weighted by Crippen LogP contribution is 2.38. The lowest BCUT2D eigenvalue weighted by Crippen LogP contribution is -2.37. The lowest BCUT2D eigenvalue weighted by atomic mass is 10.1. The van der Waals surface area contributed by atoms with Crippen LogP contribution in [0.1, 0.15) is 206 Å². The molecule has 0 spiro atoms. The van der Waals surface area contributed by atoms with E-state index in [-0.39, 0.29) is 26.1 Å². The molecule has 0 aliphatic rings. The number of ether oxygens (including phenoxy) is 2. The molecule has 0 heterocycles. The summed E-state index contributed by atoms with van der Waals surface area (Å²) in [6, 6.07) is 0. The van der Waals surface area contributed by atoms with Gasteiger partial charge in [-0.2, -0.15) is 0 Å². The Morgan fingerprint density at radius 3 is 1.11 bits per heavy atom. The minimum Gasteiger partial charge on any atom is -0.756 e. The molecule has 0 rings (SSSR count). The molecule has 0 aromatic heterocycles. The summed E-state index contributed by atoms with van der Waals surface area (Å²) < 4.78 is 34.1. The first-order chi connectivity index (χ1) is 35.0. The van der Waals surface area contributed by atoms with Gasteiger partial charge in [0.15, 0.2) is 6.10 Å². The third-order valence-electron chi connectivity index (χ3n) is 11.5. The highest BCUT2D eigenvalue weighted by atomic mass is 31.2. The van der Waals surface area contributed by atoms with Crippen molar-refractivity contribution in [1.29, 1.82) is 0 Å². The monoisotopic (exact) mass is 1020 g/mol. The number of hydrogen-bond acceptors (Lipinski definition) is 8. The van der Waals surface area contributed by atoms with Gasteiger partial charge in [-0.25, -0.2) is 0 Å². The lowest BCUT2D eigenvalue weighted by molar-refractivity contribution is -0.870. The Morgan fingerprint density at radius 1 is 0.431 bits per heavy atom. The molecule has 0 radical (unpaired) electrons. The molecule has 72 heavy (non-hydrogen) atoms. The summed E-state index contributed by atoms with van der Waals surface area (Å²) >= 11 is 0. The zero-order chi connectivity index (χ0) is 52.7. The van der Waals surface area contributed by atoms with E-state index in [0.717, 1.165) is 116 Å². The number of allylic oxidation sites excluding steroid dienone is 20. The van der Waals surface area contributed by atoms with Crippen molar-refractivity contribution in [3.8, 4) is 0 Å². The summed E-state index contributed by atoms with van der Waals surface area (Å²) in [5.41, 5.74) is 0. The summed E-state index contributed by atoms with van der Waals surface area (Å²) in [5.74, 6) is -0.861. The zero-order valence-electron chi connectivity index (χ0n) is 46.3. The summed E-state index contributed by atoms with van der Waals surface area (Å²) in [6.07, 6.45) is 73.7. The van der Waals surface area contributed by atoms with Gasteiger partial charge in [0.25, 0.3) is 7.82 Å². The van der Waals surface area contributed by atoms with E-state index >= 15 is 0 Å². The van der Waals surface area contributed by atoms with Crippen molar-refractivity contribution in [2.24, 2.45) is 0 Å². The number of phosphoric ester groups is 1. The molecule has 410 valence electrons. The number of carbonyl (C=O) groups is 2. The number of carbonyl (C=O) groups excluding carboxylic acids is 2. The molecule has 0 aromatic carbocycles. The third kappa shape index (κ3) is 55.7. The van der Waals surface area contributed by atoms with E-state index in [2.05, 4.69) is 135 Å². The van der Waals surface area contributed by atoms with Crippen LogP contribution in [0.4, 0.5) is 0 Å². The SMILES string of the molecule is CC/C=C\C/C=C\C/C=C\C/C=C\C/C=C\C/C=C\CCCCCCCCCCC(=O)OC(COC(=O)CCCCCCCCCC/C=C\C/C=C\C/C=C\C/C=C\CC)COP(=O)([O-])OCC[N+](C)(C)C. The number of unbranched alkanes of at least 4 members (excludes halogenated alkanes) is 16. The number of hydrogen-bond donors (Lipinski definition) is 0. The molecule has 10 heteroatoms. The molecule has 0 saturated heterocycles. The molecular weight excluding hydrogens is 918 g/mol. The maximum atomic E-state index is 12.8. The van der Waals surface area contributed by atoms with Crippen LogP contribution in [0.3, 0.4) is 0 Å². The average molecular weight is 1020 g/mol. The fourth-order valence-electron chi connectivity index (χ4n) is 7.18. The van der Waals surface area contributed by atoms with Gasteiger partial charge in [-0.3, -0.25) is 14.2 Å². The Hall–Kier alpha value is -3.59. The maximum absolute atomic E-state index is 12.8. The minimum atomic E-state index is -4.65. The summed E-state index contributed by atoms with van der Waals surface area (Å²) in [7, 11) is 1.14. The maximum Gasteiger partial charge on any atom is 0.306 e. The molecule has 0 N–H and O–H groups in total. The summed E-state index contributed by atoms with van der Waals surface area (Å²) in [4.78, 5) is 37.9. The number of rotatable bonds is 50. The normalized spacial score (nSPS) is 14.2. The van der Waals surface area contributed by atoms with Gasteiger partial charge < -0.3 is 27.9 Å². The fraction of sp³-hybridized carbons (Fsp3) is 0.645. The second kappa shape index (κ2) is 52.3. The van der Waals surface area contributed by atoms with E-state index in [4.69, 9.17) is 18.5 Å². The predicted molar refractivity (Wildman–Crippen MR) is 305 cm³/mol. The first-order valence-electron chi connectivity index (χ1n) is 28.2. The molecule has 0 saturated carbocycles. The predicted octanol–water partition coefficient (Wildman–Crippen LogP) is 17.0. The van der Waals surface area contributed by atoms with Crippen LogP contribution >= 0.6 is 7.82 Å². The highest BCUT2D eigenvalue weighted by Gasteiger charge is 2.21. The molecule has 9 nitrogen and oxygen atoms in total. The van der Waals surface area contributed by atoms with Crippen LogP contribution in [0, 0.1) is 0 Å². The Bertz CT molecular complexity index is 1630. The van der Waals surface area contributed by atoms with Gasteiger partial charge in [0, 0.05) is 12.8 Å². The van der Waals surface area contributed by atoms with E-state index in [1.807, 2.05) is 21.1 Å². The van der Waals surface area contributed by atoms with Gasteiger partial charge in [0.1, 0.15) is 19.8 Å². The molecule has 0 aromatic rings. The Morgan fingerprint density at radius 2 is 0.750 bits per heavy atom. The smallest absolute Gasteiger partial charge is 0.306 e. The van der Waals surface area contributed by atoms with Crippen molar-refractivity contribution in [2.45, 2.75) is 213 Å². The van der Waals surface area contributed by atoms with Gasteiger partial charge in [0.05, 0.1) is 27.7 Å². The van der Waals surface area contributed by atoms with Crippen LogP contribution < -0.4 is 4.89 Å². The Balaban J connectivity index is 4.26. The number of phosphoric acid groups is 1. The quantitative estimate of drug-likeness (QED) is 0.0195. The van der Waals surface area contributed by atoms with Crippen LogP contribution in [0.15, 0.2) is 122 Å². The second-order valence-corrected chi connectivity index (χ2v) is 20.9. The summed E-state index contributed by atoms with van der Waals surface area (Å²) in [5, 5.41) is 0. The van der Waals surface area contributed by atoms with E-state index in [9.17, 15) is 19.0 Å². The Labute approximate surface area is 441 Å². The van der Waals surface area contributed by atoms with E-state index in [0.29, 0.717) is 23.9 Å². The van der Waals surface area contributed by atoms with E-state index in [1.54, 1.807) is 0 Å². The average Bonchev–Trinajstić information content (AvgIpc) is 3.34. The van der Waals surface area contributed by atoms with Crippen molar-refractivity contribution in [1.82, 2.24) is 0 Å². The second-order valence-electron chi connectivity index (χ2n) is 19.5. The van der Waals surface area contributed by atoms with Gasteiger partial charge in [-0.05, 0) is 103 Å². The van der Waals surface area contributed by atoms with Gasteiger partial charge in [-0.1, -0.05) is 212 Å². The van der Waals surface area contributed by atoms with Crippen molar-refractivity contribution in [2.75, 3.05) is 47.5 Å². The number of likely N-dealkylation sites (N-methyl/N-ethyl adjacent to an activating group) is 1. The highest BCUT2D eigenvalue weighted by molar-refractivity contribution is 7.45. The molecule has 2 unspecified atom stereocenters. The van der Waals surface area contributed by atoms with Crippen LogP contribution in [-0.2, 0) is 32.7 Å². The summed E-state index contributed by atoms with van der Waals surface area (Å²) in [6.45, 7) is 3.98. The standard InChI is InChI=1S/C62H104NO8P/c1-6-8-10-12-14-16-18-20-22-24-26-28-29-30-31-32-33-35-37-39-41-43-45-47-49-51-53-55-62(65)71-60(59-70-72(66,67)69-57-56-63(3,4)5)58-68-61(64)54-52-50-48-46-44-42-40-38-36-34-27-25-23-21-19-17-15-13-11-9-7-2/h8-11,14-17,20-23,26-28,30-31,33-35,60H,6-7,12-13,18-19,24-25,29,32,36-59H2,1-5H3/b10-8-,11-9-,16-14-,17-15-,22-20-,23-21-,28-26-,31-30-,34-27-,35-33-. The van der Waals surface area contributed by atoms with Crippen LogP contribution in [0.25, 0.3) is 0 Å². The number of nitrogens with zero attached hydrogens (tertiary/aromatic N) is 1. The first-order valence-corrected chi connectivity index (χ1v) is 29.7. The zero-order valence-corrected chi connectivity index (χ0v) is 47.2. The minimum absolute atomic E-state index is 0.0409.